The summed E-state index contributed by atoms with van der Waals surface area (Å²) in [6.45, 7) is 1.77. The van der Waals surface area contributed by atoms with Gasteiger partial charge in [0, 0.05) is 28.2 Å². The molecule has 1 aromatic heterocycles. The van der Waals surface area contributed by atoms with Crippen molar-refractivity contribution < 1.29 is 32.6 Å². The Hall–Kier alpha value is -4.17. The number of carbonyl (C=O) groups is 2. The van der Waals surface area contributed by atoms with Crippen molar-refractivity contribution in [2.45, 2.75) is 13.0 Å². The largest absolute Gasteiger partial charge is 0.503 e. The lowest BCUT2D eigenvalue weighted by Gasteiger charge is -2.28. The number of furan rings is 1. The van der Waals surface area contributed by atoms with Crippen LogP contribution in [0.4, 0.5) is 14.5 Å². The molecule has 1 amide bonds. The Balaban J connectivity index is 1.69. The molecule has 182 valence electrons. The number of hydrogen-bond acceptors (Lipinski definition) is 5. The number of anilines is 1. The second-order valence-electron chi connectivity index (χ2n) is 8.26. The number of ether oxygens (including phenoxy) is 1. The van der Waals surface area contributed by atoms with E-state index in [2.05, 4.69) is 0 Å². The normalized spacial score (nSPS) is 15.8. The molecule has 6 nitrogen and oxygen atoms in total. The monoisotopic (exact) mass is 509 g/mol. The van der Waals surface area contributed by atoms with Gasteiger partial charge in [-0.2, -0.15) is 0 Å². The summed E-state index contributed by atoms with van der Waals surface area (Å²) in [5.41, 5.74) is 1.20. The molecule has 0 saturated carbocycles. The van der Waals surface area contributed by atoms with Crippen molar-refractivity contribution in [3.05, 3.63) is 106 Å². The Morgan fingerprint density at radius 3 is 2.53 bits per heavy atom. The first-order valence-corrected chi connectivity index (χ1v) is 11.2. The number of rotatable bonds is 5. The van der Waals surface area contributed by atoms with E-state index in [1.165, 1.54) is 25.3 Å². The number of ketones is 1. The van der Waals surface area contributed by atoms with Gasteiger partial charge in [0.2, 0.25) is 5.78 Å². The molecule has 9 heteroatoms. The van der Waals surface area contributed by atoms with Crippen LogP contribution in [0.2, 0.25) is 5.02 Å². The number of nitrogens with zero attached hydrogens (tertiary/aromatic N) is 1. The van der Waals surface area contributed by atoms with Gasteiger partial charge < -0.3 is 14.3 Å². The van der Waals surface area contributed by atoms with E-state index >= 15 is 0 Å². The standard InChI is InChI=1S/C27H18ClF2NO5/c1-13-5-3-4-6-17(13)23-22(25(33)27(34)31(23)16-7-8-18(29)19(30)12-16)24(32)20-10-14-9-15(28)11-21(35-2)26(14)36-20/h3-12,23,33H,1-2H3. The van der Waals surface area contributed by atoms with Crippen molar-refractivity contribution in [3.63, 3.8) is 0 Å². The number of carbonyl (C=O) groups excluding carboxylic acids is 2. The number of aliphatic hydroxyl groups excluding tert-OH is 1. The third-order valence-corrected chi connectivity index (χ3v) is 6.33. The number of aryl methyl sites for hydroxylation is 1. The lowest BCUT2D eigenvalue weighted by Crippen LogP contribution is -2.31. The molecule has 36 heavy (non-hydrogen) atoms. The van der Waals surface area contributed by atoms with E-state index in [-0.39, 0.29) is 22.6 Å². The average Bonchev–Trinajstić information content (AvgIpc) is 3.39. The molecule has 2 heterocycles. The molecule has 5 rings (SSSR count). The molecular weight excluding hydrogens is 492 g/mol. The minimum absolute atomic E-state index is 0.0282. The van der Waals surface area contributed by atoms with E-state index in [9.17, 15) is 23.5 Å². The number of methoxy groups -OCH3 is 1. The zero-order valence-electron chi connectivity index (χ0n) is 19.0. The molecule has 0 bridgehead atoms. The second kappa shape index (κ2) is 8.80. The zero-order valence-corrected chi connectivity index (χ0v) is 19.8. The predicted octanol–water partition coefficient (Wildman–Crippen LogP) is 6.46. The molecule has 0 fully saturated rings. The molecule has 0 aliphatic carbocycles. The van der Waals surface area contributed by atoms with Gasteiger partial charge in [0.25, 0.3) is 5.91 Å². The van der Waals surface area contributed by atoms with Crippen LogP contribution in [0.25, 0.3) is 11.0 Å². The molecule has 1 aliphatic rings. The molecule has 1 unspecified atom stereocenters. The molecular formula is C27H18ClF2NO5. The average molecular weight is 510 g/mol. The van der Waals surface area contributed by atoms with Gasteiger partial charge in [0.1, 0.15) is 0 Å². The molecule has 0 radical (unpaired) electrons. The van der Waals surface area contributed by atoms with Gasteiger partial charge >= 0.3 is 0 Å². The summed E-state index contributed by atoms with van der Waals surface area (Å²) in [4.78, 5) is 28.1. The van der Waals surface area contributed by atoms with Gasteiger partial charge in [-0.1, -0.05) is 35.9 Å². The fourth-order valence-corrected chi connectivity index (χ4v) is 4.63. The first-order valence-electron chi connectivity index (χ1n) is 10.8. The quantitative estimate of drug-likeness (QED) is 0.312. The maximum absolute atomic E-state index is 14.1. The summed E-state index contributed by atoms with van der Waals surface area (Å²) in [7, 11) is 1.42. The highest BCUT2D eigenvalue weighted by atomic mass is 35.5. The number of hydrogen-bond donors (Lipinski definition) is 1. The fraction of sp³-hybridized carbons (Fsp3) is 0.111. The molecule has 1 atom stereocenters. The summed E-state index contributed by atoms with van der Waals surface area (Å²) in [5.74, 6) is -4.64. The smallest absolute Gasteiger partial charge is 0.294 e. The van der Waals surface area contributed by atoms with Crippen LogP contribution in [0.1, 0.15) is 27.7 Å². The van der Waals surface area contributed by atoms with Crippen molar-refractivity contribution >= 4 is 39.9 Å². The minimum atomic E-state index is -1.18. The Morgan fingerprint density at radius 2 is 1.83 bits per heavy atom. The first kappa shape index (κ1) is 23.6. The first-order chi connectivity index (χ1) is 17.2. The number of benzene rings is 3. The van der Waals surface area contributed by atoms with Crippen LogP contribution < -0.4 is 9.64 Å². The highest BCUT2D eigenvalue weighted by molar-refractivity contribution is 6.31. The SMILES string of the molecule is COc1cc(Cl)cc2cc(C(=O)C3=C(O)C(=O)N(c4ccc(F)c(F)c4)C3c3ccccc3C)oc12. The van der Waals surface area contributed by atoms with Crippen molar-refractivity contribution in [2.75, 3.05) is 12.0 Å². The van der Waals surface area contributed by atoms with E-state index in [1.54, 1.807) is 37.3 Å². The van der Waals surface area contributed by atoms with Crippen molar-refractivity contribution in [1.29, 1.82) is 0 Å². The predicted molar refractivity (Wildman–Crippen MR) is 130 cm³/mol. The van der Waals surface area contributed by atoms with Gasteiger partial charge in [-0.05, 0) is 42.3 Å². The summed E-state index contributed by atoms with van der Waals surface area (Å²) < 4.78 is 38.8. The van der Waals surface area contributed by atoms with Crippen LogP contribution in [-0.2, 0) is 4.79 Å². The number of fused-ring (bicyclic) bond motifs is 1. The molecule has 0 saturated heterocycles. The van der Waals surface area contributed by atoms with Crippen LogP contribution in [-0.4, -0.2) is 23.9 Å². The molecule has 3 aromatic carbocycles. The third-order valence-electron chi connectivity index (χ3n) is 6.11. The van der Waals surface area contributed by atoms with E-state index in [0.29, 0.717) is 27.3 Å². The van der Waals surface area contributed by atoms with Crippen LogP contribution in [0.15, 0.2) is 76.4 Å². The van der Waals surface area contributed by atoms with Crippen molar-refractivity contribution in [1.82, 2.24) is 0 Å². The number of amides is 1. The molecule has 1 N–H and O–H groups in total. The summed E-state index contributed by atoms with van der Waals surface area (Å²) >= 11 is 6.13. The number of aliphatic hydroxyl groups is 1. The zero-order chi connectivity index (χ0) is 25.7. The van der Waals surface area contributed by atoms with Crippen molar-refractivity contribution in [3.8, 4) is 5.75 Å². The van der Waals surface area contributed by atoms with E-state index < -0.39 is 35.1 Å². The van der Waals surface area contributed by atoms with E-state index in [4.69, 9.17) is 20.8 Å². The molecule has 1 aliphatic heterocycles. The maximum Gasteiger partial charge on any atom is 0.294 e. The highest BCUT2D eigenvalue weighted by Crippen LogP contribution is 2.44. The van der Waals surface area contributed by atoms with Gasteiger partial charge in [-0.25, -0.2) is 8.78 Å². The van der Waals surface area contributed by atoms with Gasteiger partial charge in [-0.15, -0.1) is 0 Å². The Labute approximate surface area is 209 Å². The van der Waals surface area contributed by atoms with Crippen LogP contribution >= 0.6 is 11.6 Å². The van der Waals surface area contributed by atoms with Gasteiger partial charge in [0.05, 0.1) is 18.7 Å². The Morgan fingerprint density at radius 1 is 1.08 bits per heavy atom. The second-order valence-corrected chi connectivity index (χ2v) is 8.70. The van der Waals surface area contributed by atoms with Crippen LogP contribution in [0.5, 0.6) is 5.75 Å². The highest BCUT2D eigenvalue weighted by Gasteiger charge is 2.46. The van der Waals surface area contributed by atoms with Crippen LogP contribution in [0.3, 0.4) is 0 Å². The molecule has 0 spiro atoms. The summed E-state index contributed by atoms with van der Waals surface area (Å²) in [6.07, 6.45) is 0. The third kappa shape index (κ3) is 3.70. The topological polar surface area (TPSA) is 80.0 Å². The van der Waals surface area contributed by atoms with E-state index in [0.717, 1.165) is 17.0 Å². The van der Waals surface area contributed by atoms with E-state index in [1.807, 2.05) is 0 Å². The Kier molecular flexibility index (Phi) is 5.76. The fourth-order valence-electron chi connectivity index (χ4n) is 4.41. The van der Waals surface area contributed by atoms with Crippen molar-refractivity contribution in [2.24, 2.45) is 0 Å². The van der Waals surface area contributed by atoms with Gasteiger partial charge in [-0.3, -0.25) is 14.5 Å². The van der Waals surface area contributed by atoms with Crippen LogP contribution in [0, 0.1) is 18.6 Å². The minimum Gasteiger partial charge on any atom is -0.503 e. The molecule has 4 aromatic rings. The lowest BCUT2D eigenvalue weighted by atomic mass is 9.92. The Bertz CT molecular complexity index is 1590. The summed E-state index contributed by atoms with van der Waals surface area (Å²) in [5, 5.41) is 11.7. The summed E-state index contributed by atoms with van der Waals surface area (Å²) in [6, 6.07) is 13.3. The number of Topliss-reactive ketones (excluding diaryl/α,β-unsaturated/α-hetero) is 1. The van der Waals surface area contributed by atoms with Gasteiger partial charge in [0.15, 0.2) is 34.5 Å². The maximum atomic E-state index is 14.1. The number of halogens is 3. The lowest BCUT2D eigenvalue weighted by molar-refractivity contribution is -0.117.